The molecule has 0 radical (unpaired) electrons. The summed E-state index contributed by atoms with van der Waals surface area (Å²) in [5.74, 6) is 0.560. The van der Waals surface area contributed by atoms with E-state index >= 15 is 0 Å². The molecule has 16 heavy (non-hydrogen) atoms. The van der Waals surface area contributed by atoms with Gasteiger partial charge in [0.25, 0.3) is 5.91 Å². The van der Waals surface area contributed by atoms with E-state index < -0.39 is 0 Å². The average Bonchev–Trinajstić information content (AvgIpc) is 2.82. The Morgan fingerprint density at radius 1 is 1.19 bits per heavy atom. The highest BCUT2D eigenvalue weighted by Gasteiger charge is 2.26. The van der Waals surface area contributed by atoms with Gasteiger partial charge in [-0.1, -0.05) is 18.2 Å². The second-order valence-corrected chi connectivity index (χ2v) is 4.46. The molecule has 0 bridgehead atoms. The molecule has 0 saturated heterocycles. The quantitative estimate of drug-likeness (QED) is 0.819. The minimum Gasteiger partial charge on any atom is -0.465 e. The van der Waals surface area contributed by atoms with Crippen LogP contribution in [-0.4, -0.2) is 5.91 Å². The van der Waals surface area contributed by atoms with Crippen LogP contribution in [0.25, 0.3) is 0 Å². The van der Waals surface area contributed by atoms with Crippen LogP contribution in [0.5, 0.6) is 5.75 Å². The molecule has 1 atom stereocenters. The molecule has 1 aromatic carbocycles. The predicted octanol–water partition coefficient (Wildman–Crippen LogP) is 2.57. The number of thiophene rings is 1. The van der Waals surface area contributed by atoms with Gasteiger partial charge in [0.2, 0.25) is 6.23 Å². The molecule has 0 aliphatic carbocycles. The van der Waals surface area contributed by atoms with E-state index in [2.05, 4.69) is 5.32 Å². The first-order valence-corrected chi connectivity index (χ1v) is 5.82. The molecule has 80 valence electrons. The smallest absolute Gasteiger partial charge is 0.258 e. The first-order valence-electron chi connectivity index (χ1n) is 4.94. The van der Waals surface area contributed by atoms with Gasteiger partial charge in [0, 0.05) is 0 Å². The Kier molecular flexibility index (Phi) is 2.15. The van der Waals surface area contributed by atoms with Crippen LogP contribution < -0.4 is 10.1 Å². The van der Waals surface area contributed by atoms with Crippen LogP contribution in [0.2, 0.25) is 0 Å². The van der Waals surface area contributed by atoms with Crippen LogP contribution in [0.15, 0.2) is 41.8 Å². The lowest BCUT2D eigenvalue weighted by Gasteiger charge is -2.25. The van der Waals surface area contributed by atoms with E-state index in [9.17, 15) is 4.79 Å². The zero-order valence-corrected chi connectivity index (χ0v) is 9.16. The van der Waals surface area contributed by atoms with E-state index in [-0.39, 0.29) is 12.1 Å². The summed E-state index contributed by atoms with van der Waals surface area (Å²) in [6.45, 7) is 0. The molecule has 1 aromatic heterocycles. The number of hydrogen-bond donors (Lipinski definition) is 1. The van der Waals surface area contributed by atoms with Gasteiger partial charge in [-0.15, -0.1) is 11.3 Å². The number of hydrogen-bond acceptors (Lipinski definition) is 3. The van der Waals surface area contributed by atoms with Gasteiger partial charge in [-0.2, -0.15) is 0 Å². The van der Waals surface area contributed by atoms with Gasteiger partial charge in [-0.3, -0.25) is 4.79 Å². The minimum absolute atomic E-state index is 0.0831. The maximum absolute atomic E-state index is 11.8. The zero-order valence-electron chi connectivity index (χ0n) is 8.34. The standard InChI is InChI=1S/C12H9NO2S/c14-11-8-4-1-2-5-9(8)15-12(13-11)10-6-3-7-16-10/h1-7,12H,(H,13,14)/t12-/m0/s1. The highest BCUT2D eigenvalue weighted by atomic mass is 32.1. The summed E-state index contributed by atoms with van der Waals surface area (Å²) >= 11 is 1.57. The second kappa shape index (κ2) is 3.64. The van der Waals surface area contributed by atoms with E-state index in [1.165, 1.54) is 0 Å². The number of ether oxygens (including phenoxy) is 1. The molecule has 0 spiro atoms. The van der Waals surface area contributed by atoms with Crippen molar-refractivity contribution >= 4 is 17.2 Å². The summed E-state index contributed by atoms with van der Waals surface area (Å²) in [7, 11) is 0. The molecule has 0 saturated carbocycles. The van der Waals surface area contributed by atoms with Gasteiger partial charge >= 0.3 is 0 Å². The van der Waals surface area contributed by atoms with Crippen LogP contribution >= 0.6 is 11.3 Å². The summed E-state index contributed by atoms with van der Waals surface area (Å²) in [5.41, 5.74) is 0.593. The SMILES string of the molecule is O=C1N[C@H](c2cccs2)Oc2ccccc21. The molecule has 1 amide bonds. The Labute approximate surface area is 96.7 Å². The van der Waals surface area contributed by atoms with Crippen molar-refractivity contribution in [3.63, 3.8) is 0 Å². The first kappa shape index (κ1) is 9.42. The van der Waals surface area contributed by atoms with Crippen molar-refractivity contribution in [3.05, 3.63) is 52.2 Å². The monoisotopic (exact) mass is 231 g/mol. The van der Waals surface area contributed by atoms with Crippen LogP contribution in [0.1, 0.15) is 21.5 Å². The topological polar surface area (TPSA) is 38.3 Å². The van der Waals surface area contributed by atoms with E-state index in [0.29, 0.717) is 11.3 Å². The summed E-state index contributed by atoms with van der Waals surface area (Å²) in [6, 6.07) is 11.2. The van der Waals surface area contributed by atoms with E-state index in [1.807, 2.05) is 35.7 Å². The lowest BCUT2D eigenvalue weighted by atomic mass is 10.1. The van der Waals surface area contributed by atoms with Gasteiger partial charge in [-0.05, 0) is 23.6 Å². The fourth-order valence-corrected chi connectivity index (χ4v) is 2.38. The Morgan fingerprint density at radius 3 is 2.88 bits per heavy atom. The number of benzene rings is 1. The summed E-state index contributed by atoms with van der Waals surface area (Å²) in [5, 5.41) is 4.79. The molecular weight excluding hydrogens is 222 g/mol. The Balaban J connectivity index is 1.98. The molecule has 4 heteroatoms. The van der Waals surface area contributed by atoms with Gasteiger partial charge in [0.15, 0.2) is 0 Å². The van der Waals surface area contributed by atoms with Crippen molar-refractivity contribution in [1.29, 1.82) is 0 Å². The van der Waals surface area contributed by atoms with Crippen molar-refractivity contribution in [3.8, 4) is 5.75 Å². The van der Waals surface area contributed by atoms with E-state index in [4.69, 9.17) is 4.74 Å². The molecule has 3 rings (SSSR count). The summed E-state index contributed by atoms with van der Waals surface area (Å²) in [6.07, 6.45) is -0.359. The fourth-order valence-electron chi connectivity index (χ4n) is 1.68. The maximum atomic E-state index is 11.8. The normalized spacial score (nSPS) is 18.5. The van der Waals surface area contributed by atoms with E-state index in [0.717, 1.165) is 4.88 Å². The number of carbonyl (C=O) groups is 1. The van der Waals surface area contributed by atoms with Crippen LogP contribution in [0.4, 0.5) is 0 Å². The molecule has 2 heterocycles. The first-order chi connectivity index (χ1) is 7.84. The molecule has 0 unspecified atom stereocenters. The summed E-state index contributed by atoms with van der Waals surface area (Å²) in [4.78, 5) is 12.8. The number of amides is 1. The number of rotatable bonds is 1. The van der Waals surface area contributed by atoms with Gasteiger partial charge in [-0.25, -0.2) is 0 Å². The maximum Gasteiger partial charge on any atom is 0.258 e. The van der Waals surface area contributed by atoms with Crippen molar-refractivity contribution in [2.75, 3.05) is 0 Å². The van der Waals surface area contributed by atoms with Gasteiger partial charge in [0.05, 0.1) is 10.4 Å². The van der Waals surface area contributed by atoms with Crippen molar-refractivity contribution in [1.82, 2.24) is 5.32 Å². The van der Waals surface area contributed by atoms with Crippen LogP contribution in [0, 0.1) is 0 Å². The fraction of sp³-hybridized carbons (Fsp3) is 0.0833. The third-order valence-electron chi connectivity index (χ3n) is 2.44. The molecule has 1 N–H and O–H groups in total. The lowest BCUT2D eigenvalue weighted by Crippen LogP contribution is -2.36. The van der Waals surface area contributed by atoms with Crippen LogP contribution in [0.3, 0.4) is 0 Å². The number of para-hydroxylation sites is 1. The second-order valence-electron chi connectivity index (χ2n) is 3.48. The minimum atomic E-state index is -0.359. The lowest BCUT2D eigenvalue weighted by molar-refractivity contribution is 0.0762. The highest BCUT2D eigenvalue weighted by molar-refractivity contribution is 7.10. The average molecular weight is 231 g/mol. The highest BCUT2D eigenvalue weighted by Crippen LogP contribution is 2.30. The Hall–Kier alpha value is -1.81. The van der Waals surface area contributed by atoms with Gasteiger partial charge < -0.3 is 10.1 Å². The van der Waals surface area contributed by atoms with Gasteiger partial charge in [0.1, 0.15) is 5.75 Å². The number of carbonyl (C=O) groups excluding carboxylic acids is 1. The third-order valence-corrected chi connectivity index (χ3v) is 3.36. The summed E-state index contributed by atoms with van der Waals surface area (Å²) < 4.78 is 5.73. The van der Waals surface area contributed by atoms with Crippen molar-refractivity contribution in [2.45, 2.75) is 6.23 Å². The Bertz CT molecular complexity index is 522. The molecular formula is C12H9NO2S. The molecule has 1 aliphatic heterocycles. The molecule has 0 fully saturated rings. The molecule has 3 nitrogen and oxygen atoms in total. The zero-order chi connectivity index (χ0) is 11.0. The number of nitrogens with one attached hydrogen (secondary N) is 1. The van der Waals surface area contributed by atoms with E-state index in [1.54, 1.807) is 17.4 Å². The molecule has 2 aromatic rings. The predicted molar refractivity (Wildman–Crippen MR) is 61.6 cm³/mol. The number of fused-ring (bicyclic) bond motifs is 1. The Morgan fingerprint density at radius 2 is 2.06 bits per heavy atom. The van der Waals surface area contributed by atoms with Crippen LogP contribution in [-0.2, 0) is 0 Å². The largest absolute Gasteiger partial charge is 0.465 e. The van der Waals surface area contributed by atoms with Crippen molar-refractivity contribution < 1.29 is 9.53 Å². The van der Waals surface area contributed by atoms with Crippen molar-refractivity contribution in [2.24, 2.45) is 0 Å². The third kappa shape index (κ3) is 1.47. The molecule has 1 aliphatic rings.